The molecule has 0 saturated carbocycles. The molecule has 1 atom stereocenters. The van der Waals surface area contributed by atoms with Gasteiger partial charge in [0.2, 0.25) is 0 Å². The predicted octanol–water partition coefficient (Wildman–Crippen LogP) is 4.48. The second-order valence-corrected chi connectivity index (χ2v) is 5.96. The summed E-state index contributed by atoms with van der Waals surface area (Å²) < 4.78 is 0. The monoisotopic (exact) mass is 292 g/mol. The van der Waals surface area contributed by atoms with Crippen LogP contribution in [0.25, 0.3) is 0 Å². The average Bonchev–Trinajstić information content (AvgIpc) is 2.72. The molecule has 0 amide bonds. The number of fused-ring (bicyclic) bond motifs is 1. The van der Waals surface area contributed by atoms with Gasteiger partial charge in [0.05, 0.1) is 10.0 Å². The van der Waals surface area contributed by atoms with Crippen LogP contribution in [-0.4, -0.2) is 5.11 Å². The van der Waals surface area contributed by atoms with Crippen molar-refractivity contribution in [2.24, 2.45) is 0 Å². The Morgan fingerprint density at radius 3 is 2.58 bits per heavy atom. The molecule has 1 unspecified atom stereocenters. The zero-order valence-corrected chi connectivity index (χ0v) is 12.1. The third kappa shape index (κ3) is 2.06. The Bertz CT molecular complexity index is 651. The van der Waals surface area contributed by atoms with Gasteiger partial charge < -0.3 is 5.11 Å². The van der Waals surface area contributed by atoms with Crippen LogP contribution in [0.15, 0.2) is 36.4 Å². The average molecular weight is 293 g/mol. The fourth-order valence-electron chi connectivity index (χ4n) is 2.80. The molecule has 98 valence electrons. The lowest BCUT2D eigenvalue weighted by Crippen LogP contribution is -2.23. The van der Waals surface area contributed by atoms with E-state index in [-0.39, 0.29) is 0 Å². The van der Waals surface area contributed by atoms with E-state index in [1.54, 1.807) is 12.1 Å². The van der Waals surface area contributed by atoms with Crippen molar-refractivity contribution in [2.75, 3.05) is 0 Å². The first-order valence-electron chi connectivity index (χ1n) is 6.28. The lowest BCUT2D eigenvalue weighted by atomic mass is 9.87. The first-order valence-corrected chi connectivity index (χ1v) is 7.04. The maximum Gasteiger partial charge on any atom is 0.115 e. The molecule has 1 aliphatic carbocycles. The molecule has 0 radical (unpaired) electrons. The van der Waals surface area contributed by atoms with E-state index in [1.165, 1.54) is 5.56 Å². The molecule has 0 aromatic heterocycles. The summed E-state index contributed by atoms with van der Waals surface area (Å²) in [5, 5.41) is 12.0. The smallest absolute Gasteiger partial charge is 0.115 e. The summed E-state index contributed by atoms with van der Waals surface area (Å²) in [6.45, 7) is 2.04. The molecule has 0 saturated heterocycles. The summed E-state index contributed by atoms with van der Waals surface area (Å²) in [5.41, 5.74) is 3.21. The lowest BCUT2D eigenvalue weighted by Gasteiger charge is -2.25. The Morgan fingerprint density at radius 1 is 1.05 bits per heavy atom. The molecule has 2 aromatic carbocycles. The molecule has 0 fully saturated rings. The normalized spacial score (nSPS) is 21.5. The van der Waals surface area contributed by atoms with Crippen LogP contribution in [0, 0.1) is 6.92 Å². The molecule has 3 heteroatoms. The van der Waals surface area contributed by atoms with Gasteiger partial charge in [-0.2, -0.15) is 0 Å². The molecule has 0 bridgehead atoms. The van der Waals surface area contributed by atoms with Gasteiger partial charge in [0.25, 0.3) is 0 Å². The maximum atomic E-state index is 11.1. The van der Waals surface area contributed by atoms with Crippen LogP contribution >= 0.6 is 23.2 Å². The van der Waals surface area contributed by atoms with Gasteiger partial charge in [0.1, 0.15) is 5.60 Å². The summed E-state index contributed by atoms with van der Waals surface area (Å²) in [4.78, 5) is 0. The van der Waals surface area contributed by atoms with Gasteiger partial charge in [-0.3, -0.25) is 0 Å². The van der Waals surface area contributed by atoms with Crippen molar-refractivity contribution in [3.63, 3.8) is 0 Å². The van der Waals surface area contributed by atoms with Gasteiger partial charge in [-0.25, -0.2) is 0 Å². The van der Waals surface area contributed by atoms with Gasteiger partial charge in [0, 0.05) is 0 Å². The van der Waals surface area contributed by atoms with Gasteiger partial charge in [-0.15, -0.1) is 0 Å². The summed E-state index contributed by atoms with van der Waals surface area (Å²) >= 11 is 12.0. The highest BCUT2D eigenvalue weighted by atomic mass is 35.5. The minimum atomic E-state index is -0.949. The zero-order chi connectivity index (χ0) is 13.6. The highest BCUT2D eigenvalue weighted by Gasteiger charge is 2.38. The molecule has 2 aromatic rings. The van der Waals surface area contributed by atoms with Crippen LogP contribution in [-0.2, 0) is 12.0 Å². The van der Waals surface area contributed by atoms with Crippen molar-refractivity contribution < 1.29 is 5.11 Å². The summed E-state index contributed by atoms with van der Waals surface area (Å²) in [6, 6.07) is 11.6. The van der Waals surface area contributed by atoms with Gasteiger partial charge in [0.15, 0.2) is 0 Å². The first-order chi connectivity index (χ1) is 9.00. The second-order valence-electron chi connectivity index (χ2n) is 5.15. The van der Waals surface area contributed by atoms with Crippen molar-refractivity contribution in [1.82, 2.24) is 0 Å². The molecule has 3 rings (SSSR count). The highest BCUT2D eigenvalue weighted by molar-refractivity contribution is 6.42. The van der Waals surface area contributed by atoms with E-state index in [2.05, 4.69) is 18.2 Å². The molecule has 1 nitrogen and oxygen atoms in total. The highest BCUT2D eigenvalue weighted by Crippen LogP contribution is 2.43. The number of hydrogen-bond acceptors (Lipinski definition) is 1. The van der Waals surface area contributed by atoms with Crippen LogP contribution in [0.3, 0.4) is 0 Å². The number of halogens is 2. The van der Waals surface area contributed by atoms with Crippen molar-refractivity contribution in [3.8, 4) is 0 Å². The number of hydrogen-bond donors (Lipinski definition) is 1. The Labute approximate surface area is 122 Å². The largest absolute Gasteiger partial charge is 0.380 e. The molecule has 0 aliphatic heterocycles. The predicted molar refractivity (Wildman–Crippen MR) is 79.0 cm³/mol. The van der Waals surface area contributed by atoms with E-state index < -0.39 is 5.60 Å². The number of aryl methyl sites for hydroxylation is 2. The van der Waals surface area contributed by atoms with Gasteiger partial charge in [-0.05, 0) is 48.6 Å². The third-order valence-electron chi connectivity index (χ3n) is 3.86. The third-order valence-corrected chi connectivity index (χ3v) is 4.60. The molecule has 0 spiro atoms. The van der Waals surface area contributed by atoms with E-state index in [0.29, 0.717) is 16.5 Å². The Kier molecular flexibility index (Phi) is 3.09. The Morgan fingerprint density at radius 2 is 1.84 bits per heavy atom. The van der Waals surface area contributed by atoms with E-state index >= 15 is 0 Å². The number of rotatable bonds is 1. The topological polar surface area (TPSA) is 20.2 Å². The van der Waals surface area contributed by atoms with Crippen molar-refractivity contribution in [2.45, 2.75) is 25.4 Å². The SMILES string of the molecule is Cc1ccc2c(c1)C(O)(c1ccc(Cl)c(Cl)c1)CC2. The van der Waals surface area contributed by atoms with E-state index in [9.17, 15) is 5.11 Å². The van der Waals surface area contributed by atoms with Crippen LogP contribution in [0.2, 0.25) is 10.0 Å². The molecule has 19 heavy (non-hydrogen) atoms. The molecule has 1 aliphatic rings. The van der Waals surface area contributed by atoms with Gasteiger partial charge >= 0.3 is 0 Å². The van der Waals surface area contributed by atoms with Crippen molar-refractivity contribution in [1.29, 1.82) is 0 Å². The van der Waals surface area contributed by atoms with E-state index in [1.807, 2.05) is 13.0 Å². The summed E-state index contributed by atoms with van der Waals surface area (Å²) in [5.74, 6) is 0. The summed E-state index contributed by atoms with van der Waals surface area (Å²) in [6.07, 6.45) is 1.57. The fourth-order valence-corrected chi connectivity index (χ4v) is 3.09. The maximum absolute atomic E-state index is 11.1. The van der Waals surface area contributed by atoms with Crippen LogP contribution in [0.4, 0.5) is 0 Å². The van der Waals surface area contributed by atoms with E-state index in [0.717, 1.165) is 23.1 Å². The zero-order valence-electron chi connectivity index (χ0n) is 10.6. The van der Waals surface area contributed by atoms with E-state index in [4.69, 9.17) is 23.2 Å². The first kappa shape index (κ1) is 13.0. The van der Waals surface area contributed by atoms with Crippen molar-refractivity contribution >= 4 is 23.2 Å². The Hall–Kier alpha value is -1.02. The van der Waals surface area contributed by atoms with Crippen molar-refractivity contribution in [3.05, 3.63) is 68.7 Å². The summed E-state index contributed by atoms with van der Waals surface area (Å²) in [7, 11) is 0. The van der Waals surface area contributed by atoms with Crippen LogP contribution in [0.5, 0.6) is 0 Å². The Balaban J connectivity index is 2.15. The second kappa shape index (κ2) is 4.52. The fraction of sp³-hybridized carbons (Fsp3) is 0.250. The minimum absolute atomic E-state index is 0.480. The molecular formula is C16H14Cl2O. The molecule has 1 N–H and O–H groups in total. The molecular weight excluding hydrogens is 279 g/mol. The lowest BCUT2D eigenvalue weighted by molar-refractivity contribution is 0.0829. The quantitative estimate of drug-likeness (QED) is 0.821. The van der Waals surface area contributed by atoms with Crippen LogP contribution < -0.4 is 0 Å². The van der Waals surface area contributed by atoms with Gasteiger partial charge in [-0.1, -0.05) is 53.0 Å². The molecule has 0 heterocycles. The number of aliphatic hydroxyl groups is 1. The number of benzene rings is 2. The minimum Gasteiger partial charge on any atom is -0.380 e. The standard InChI is InChI=1S/C16H14Cl2O/c1-10-2-3-11-6-7-16(19,13(11)8-10)12-4-5-14(17)15(18)9-12/h2-5,8-9,19H,6-7H2,1H3. The van der Waals surface area contributed by atoms with Crippen LogP contribution in [0.1, 0.15) is 28.7 Å².